The van der Waals surface area contributed by atoms with Gasteiger partial charge in [0.2, 0.25) is 0 Å². The Labute approximate surface area is 107 Å². The van der Waals surface area contributed by atoms with Crippen molar-refractivity contribution in [2.45, 2.75) is 44.2 Å². The Morgan fingerprint density at radius 1 is 1.22 bits per heavy atom. The van der Waals surface area contributed by atoms with Gasteiger partial charge in [-0.15, -0.1) is 0 Å². The molecular formula is C14H21N3O. The van der Waals surface area contributed by atoms with Crippen LogP contribution in [-0.4, -0.2) is 29.2 Å². The molecule has 0 radical (unpaired) electrons. The van der Waals surface area contributed by atoms with Gasteiger partial charge in [0.25, 0.3) is 0 Å². The van der Waals surface area contributed by atoms with Crippen LogP contribution in [0.15, 0.2) is 10.6 Å². The van der Waals surface area contributed by atoms with Crippen LogP contribution in [0.3, 0.4) is 0 Å². The molecule has 2 heterocycles. The molecule has 4 rings (SSSR count). The minimum Gasteiger partial charge on any atom is -0.361 e. The fourth-order valence-electron chi connectivity index (χ4n) is 3.68. The molecule has 18 heavy (non-hydrogen) atoms. The van der Waals surface area contributed by atoms with Gasteiger partial charge in [-0.05, 0) is 37.5 Å². The number of nitrogens with zero attached hydrogens (tertiary/aromatic N) is 2. The van der Waals surface area contributed by atoms with Gasteiger partial charge in [-0.25, -0.2) is 0 Å². The van der Waals surface area contributed by atoms with Crippen molar-refractivity contribution in [3.8, 4) is 0 Å². The van der Waals surface area contributed by atoms with Crippen LogP contribution in [0, 0.1) is 11.8 Å². The van der Waals surface area contributed by atoms with Gasteiger partial charge in [0, 0.05) is 37.7 Å². The highest BCUT2D eigenvalue weighted by molar-refractivity contribution is 5.14. The Morgan fingerprint density at radius 3 is 2.61 bits per heavy atom. The van der Waals surface area contributed by atoms with Crippen molar-refractivity contribution >= 4 is 0 Å². The minimum absolute atomic E-state index is 0.445. The smallest absolute Gasteiger partial charge is 0.140 e. The lowest BCUT2D eigenvalue weighted by atomic mass is 9.93. The summed E-state index contributed by atoms with van der Waals surface area (Å²) in [7, 11) is 0. The van der Waals surface area contributed by atoms with Gasteiger partial charge in [0.1, 0.15) is 5.76 Å². The number of nitrogens with two attached hydrogens (primary N) is 1. The van der Waals surface area contributed by atoms with Crippen LogP contribution in [0.4, 0.5) is 0 Å². The second-order valence-electron chi connectivity index (χ2n) is 6.36. The maximum absolute atomic E-state index is 6.23. The Balaban J connectivity index is 1.42. The molecule has 4 heteroatoms. The van der Waals surface area contributed by atoms with Crippen molar-refractivity contribution < 1.29 is 4.52 Å². The van der Waals surface area contributed by atoms with Crippen molar-refractivity contribution in [1.29, 1.82) is 0 Å². The van der Waals surface area contributed by atoms with E-state index in [0.29, 0.717) is 23.8 Å². The van der Waals surface area contributed by atoms with Gasteiger partial charge in [0.15, 0.2) is 0 Å². The molecule has 0 spiro atoms. The first-order valence-electron chi connectivity index (χ1n) is 7.23. The van der Waals surface area contributed by atoms with Crippen LogP contribution in [0.2, 0.25) is 0 Å². The third-order valence-electron chi connectivity index (χ3n) is 4.92. The molecule has 1 unspecified atom stereocenters. The van der Waals surface area contributed by atoms with Crippen LogP contribution in [0.25, 0.3) is 0 Å². The van der Waals surface area contributed by atoms with E-state index in [0.717, 1.165) is 31.1 Å². The molecule has 2 bridgehead atoms. The quantitative estimate of drug-likeness (QED) is 0.883. The molecule has 1 aliphatic heterocycles. The van der Waals surface area contributed by atoms with Gasteiger partial charge in [-0.2, -0.15) is 0 Å². The molecule has 4 nitrogen and oxygen atoms in total. The fourth-order valence-corrected chi connectivity index (χ4v) is 3.68. The number of rotatable bonds is 3. The fraction of sp³-hybridized carbons (Fsp3) is 0.786. The zero-order valence-corrected chi connectivity index (χ0v) is 10.7. The number of likely N-dealkylation sites (tertiary alicyclic amines) is 1. The Kier molecular flexibility index (Phi) is 2.49. The Hall–Kier alpha value is -0.870. The second-order valence-corrected chi connectivity index (χ2v) is 6.36. The summed E-state index contributed by atoms with van der Waals surface area (Å²) in [5, 5.41) is 4.21. The van der Waals surface area contributed by atoms with Gasteiger partial charge >= 0.3 is 0 Å². The molecule has 3 atom stereocenters. The summed E-state index contributed by atoms with van der Waals surface area (Å²) in [6, 6.07) is 2.61. The van der Waals surface area contributed by atoms with E-state index in [4.69, 9.17) is 10.3 Å². The van der Waals surface area contributed by atoms with Crippen LogP contribution in [-0.2, 0) is 6.54 Å². The van der Waals surface area contributed by atoms with E-state index in [-0.39, 0.29) is 0 Å². The first-order chi connectivity index (χ1) is 8.79. The highest BCUT2D eigenvalue weighted by Crippen LogP contribution is 2.40. The molecule has 98 valence electrons. The topological polar surface area (TPSA) is 55.3 Å². The van der Waals surface area contributed by atoms with Crippen LogP contribution in [0.1, 0.15) is 43.1 Å². The Bertz CT molecular complexity index is 426. The first kappa shape index (κ1) is 11.0. The maximum atomic E-state index is 6.23. The van der Waals surface area contributed by atoms with Crippen molar-refractivity contribution in [2.75, 3.05) is 13.1 Å². The largest absolute Gasteiger partial charge is 0.361 e. The molecule has 2 saturated carbocycles. The number of hydrogen-bond donors (Lipinski definition) is 1. The van der Waals surface area contributed by atoms with Crippen molar-refractivity contribution in [3.05, 3.63) is 17.5 Å². The summed E-state index contributed by atoms with van der Waals surface area (Å²) in [5.74, 6) is 3.18. The van der Waals surface area contributed by atoms with E-state index in [1.807, 2.05) is 0 Å². The summed E-state index contributed by atoms with van der Waals surface area (Å²) in [4.78, 5) is 2.51. The second kappa shape index (κ2) is 4.07. The van der Waals surface area contributed by atoms with Gasteiger partial charge in [-0.1, -0.05) is 5.16 Å². The number of hydrogen-bond acceptors (Lipinski definition) is 4. The maximum Gasteiger partial charge on any atom is 0.140 e. The average Bonchev–Trinajstić information content (AvgIpc) is 3.08. The first-order valence-corrected chi connectivity index (χ1v) is 7.23. The number of piperidine rings is 1. The molecular weight excluding hydrogens is 226 g/mol. The standard InChI is InChI=1S/C14H21N3O/c15-14-10-3-4-11(14)7-17(6-10)8-12-5-13(18-16-12)9-1-2-9/h5,9-11,14H,1-4,6-8,15H2/t10-,11+,14?. The predicted octanol–water partition coefficient (Wildman–Crippen LogP) is 1.72. The van der Waals surface area contributed by atoms with Crippen molar-refractivity contribution in [3.63, 3.8) is 0 Å². The minimum atomic E-state index is 0.445. The van der Waals surface area contributed by atoms with Gasteiger partial charge in [0.05, 0.1) is 5.69 Å². The molecule has 2 N–H and O–H groups in total. The SMILES string of the molecule is NC1[C@@H]2CC[C@H]1CN(Cc1cc(C3CC3)on1)C2. The lowest BCUT2D eigenvalue weighted by Gasteiger charge is -2.35. The highest BCUT2D eigenvalue weighted by Gasteiger charge is 2.39. The molecule has 0 aromatic carbocycles. The summed E-state index contributed by atoms with van der Waals surface area (Å²) < 4.78 is 5.42. The van der Waals surface area contributed by atoms with E-state index in [9.17, 15) is 0 Å². The third kappa shape index (κ3) is 1.88. The molecule has 3 aliphatic rings. The van der Waals surface area contributed by atoms with E-state index in [1.54, 1.807) is 0 Å². The predicted molar refractivity (Wildman–Crippen MR) is 67.9 cm³/mol. The van der Waals surface area contributed by atoms with E-state index >= 15 is 0 Å². The van der Waals surface area contributed by atoms with Gasteiger partial charge < -0.3 is 10.3 Å². The molecule has 3 fully saturated rings. The van der Waals surface area contributed by atoms with E-state index < -0.39 is 0 Å². The van der Waals surface area contributed by atoms with Crippen LogP contribution < -0.4 is 5.73 Å². The van der Waals surface area contributed by atoms with E-state index in [2.05, 4.69) is 16.1 Å². The summed E-state index contributed by atoms with van der Waals surface area (Å²) in [6.45, 7) is 3.22. The van der Waals surface area contributed by atoms with Crippen LogP contribution in [0.5, 0.6) is 0 Å². The molecule has 1 aromatic heterocycles. The zero-order chi connectivity index (χ0) is 12.1. The molecule has 1 aromatic rings. The van der Waals surface area contributed by atoms with Gasteiger partial charge in [-0.3, -0.25) is 4.90 Å². The molecule has 1 saturated heterocycles. The number of aromatic nitrogens is 1. The lowest BCUT2D eigenvalue weighted by Crippen LogP contribution is -2.48. The Morgan fingerprint density at radius 2 is 1.94 bits per heavy atom. The molecule has 0 amide bonds. The number of fused-ring (bicyclic) bond motifs is 2. The van der Waals surface area contributed by atoms with Crippen molar-refractivity contribution in [2.24, 2.45) is 17.6 Å². The van der Waals surface area contributed by atoms with Crippen molar-refractivity contribution in [1.82, 2.24) is 10.1 Å². The highest BCUT2D eigenvalue weighted by atomic mass is 16.5. The van der Waals surface area contributed by atoms with Crippen LogP contribution >= 0.6 is 0 Å². The summed E-state index contributed by atoms with van der Waals surface area (Å²) in [5.41, 5.74) is 7.33. The summed E-state index contributed by atoms with van der Waals surface area (Å²) >= 11 is 0. The van der Waals surface area contributed by atoms with E-state index in [1.165, 1.54) is 25.7 Å². The average molecular weight is 247 g/mol. The molecule has 2 aliphatic carbocycles. The normalized spacial score (nSPS) is 36.2. The summed E-state index contributed by atoms with van der Waals surface area (Å²) in [6.07, 6.45) is 5.18. The lowest BCUT2D eigenvalue weighted by molar-refractivity contribution is 0.137. The monoisotopic (exact) mass is 247 g/mol. The zero-order valence-electron chi connectivity index (χ0n) is 10.7. The third-order valence-corrected chi connectivity index (χ3v) is 4.92.